The number of hydrogen-bond donors (Lipinski definition) is 0. The van der Waals surface area contributed by atoms with Crippen LogP contribution in [0.2, 0.25) is 0 Å². The molecule has 0 radical (unpaired) electrons. The minimum atomic E-state index is 0.491. The van der Waals surface area contributed by atoms with Crippen LogP contribution in [-0.2, 0) is 4.74 Å². The van der Waals surface area contributed by atoms with E-state index in [1.165, 1.54) is 83.3 Å². The van der Waals surface area contributed by atoms with E-state index in [0.29, 0.717) is 18.9 Å². The lowest BCUT2D eigenvalue weighted by atomic mass is 9.69. The lowest BCUT2D eigenvalue weighted by Gasteiger charge is -2.37. The van der Waals surface area contributed by atoms with Crippen molar-refractivity contribution in [2.45, 2.75) is 84.0 Å². The van der Waals surface area contributed by atoms with Crippen LogP contribution >= 0.6 is 0 Å². The first-order chi connectivity index (χ1) is 10.8. The maximum atomic E-state index is 11.9. The number of unbranched alkanes of at least 4 members (excludes halogenated alkanes) is 2. The van der Waals surface area contributed by atoms with E-state index in [1.54, 1.807) is 0 Å². The Balaban J connectivity index is 1.60. The first kappa shape index (κ1) is 17.8. The number of ether oxygens (including phenoxy) is 1. The first-order valence-corrected chi connectivity index (χ1v) is 9.70. The van der Waals surface area contributed by atoms with Crippen LogP contribution in [0.5, 0.6) is 0 Å². The van der Waals surface area contributed by atoms with Gasteiger partial charge in [-0.1, -0.05) is 45.4 Å². The number of hydrogen-bond acceptors (Lipinski definition) is 1. The molecule has 0 amide bonds. The third-order valence-corrected chi connectivity index (χ3v) is 6.15. The molecule has 2 heteroatoms. The van der Waals surface area contributed by atoms with Crippen molar-refractivity contribution in [1.29, 1.82) is 0 Å². The summed E-state index contributed by atoms with van der Waals surface area (Å²) in [5, 5.41) is 0. The minimum Gasteiger partial charge on any atom is -0.499 e. The SMILES string of the molecule is CCCCCC1CCC(C2CCC(COC=CF)CC2)CC1. The third kappa shape index (κ3) is 5.93. The van der Waals surface area contributed by atoms with Crippen molar-refractivity contribution >= 4 is 0 Å². The summed E-state index contributed by atoms with van der Waals surface area (Å²) >= 11 is 0. The van der Waals surface area contributed by atoms with E-state index in [9.17, 15) is 4.39 Å². The maximum absolute atomic E-state index is 11.9. The lowest BCUT2D eigenvalue weighted by Crippen LogP contribution is -2.27. The van der Waals surface area contributed by atoms with E-state index in [4.69, 9.17) is 4.74 Å². The van der Waals surface area contributed by atoms with Crippen LogP contribution in [0.4, 0.5) is 4.39 Å². The van der Waals surface area contributed by atoms with E-state index in [1.807, 2.05) is 0 Å². The minimum absolute atomic E-state index is 0.491. The van der Waals surface area contributed by atoms with Crippen LogP contribution in [0.15, 0.2) is 12.6 Å². The van der Waals surface area contributed by atoms with Crippen LogP contribution < -0.4 is 0 Å². The van der Waals surface area contributed by atoms with Gasteiger partial charge in [0, 0.05) is 0 Å². The standard InChI is InChI=1S/C20H35FO/c1-2-3-4-5-17-6-10-19(11-7-17)20-12-8-18(9-13-20)16-22-15-14-21/h14-15,17-20H,2-13,16H2,1H3. The molecule has 1 nitrogen and oxygen atoms in total. The molecule has 0 aromatic heterocycles. The van der Waals surface area contributed by atoms with E-state index in [2.05, 4.69) is 6.92 Å². The molecule has 2 rings (SSSR count). The summed E-state index contributed by atoms with van der Waals surface area (Å²) < 4.78 is 17.1. The van der Waals surface area contributed by atoms with Crippen molar-refractivity contribution in [2.24, 2.45) is 23.7 Å². The molecule has 2 saturated carbocycles. The second-order valence-electron chi connectivity index (χ2n) is 7.65. The largest absolute Gasteiger partial charge is 0.499 e. The normalized spacial score (nSPS) is 33.2. The Morgan fingerprint density at radius 1 is 0.864 bits per heavy atom. The average Bonchev–Trinajstić information content (AvgIpc) is 2.57. The molecule has 2 fully saturated rings. The highest BCUT2D eigenvalue weighted by Crippen LogP contribution is 2.42. The fraction of sp³-hybridized carbons (Fsp3) is 0.900. The van der Waals surface area contributed by atoms with Crippen molar-refractivity contribution in [1.82, 2.24) is 0 Å². The Morgan fingerprint density at radius 3 is 2.00 bits per heavy atom. The van der Waals surface area contributed by atoms with Gasteiger partial charge < -0.3 is 4.74 Å². The van der Waals surface area contributed by atoms with E-state index in [-0.39, 0.29) is 0 Å². The molecular formula is C20H35FO. The molecule has 0 bridgehead atoms. The second kappa shape index (κ2) is 10.3. The van der Waals surface area contributed by atoms with Crippen LogP contribution in [0.3, 0.4) is 0 Å². The van der Waals surface area contributed by atoms with Crippen LogP contribution in [0.25, 0.3) is 0 Å². The van der Waals surface area contributed by atoms with Gasteiger partial charge in [-0.25, -0.2) is 4.39 Å². The Morgan fingerprint density at radius 2 is 1.45 bits per heavy atom. The summed E-state index contributed by atoms with van der Waals surface area (Å²) in [6.45, 7) is 3.00. The van der Waals surface area contributed by atoms with Gasteiger partial charge in [0.05, 0.1) is 6.61 Å². The highest BCUT2D eigenvalue weighted by atomic mass is 19.1. The topological polar surface area (TPSA) is 9.23 Å². The molecule has 0 heterocycles. The van der Waals surface area contributed by atoms with Gasteiger partial charge in [0.1, 0.15) is 12.6 Å². The predicted octanol–water partition coefficient (Wildman–Crippen LogP) is 6.64. The monoisotopic (exact) mass is 310 g/mol. The zero-order valence-electron chi connectivity index (χ0n) is 14.4. The fourth-order valence-corrected chi connectivity index (χ4v) is 4.69. The van der Waals surface area contributed by atoms with Gasteiger partial charge in [-0.15, -0.1) is 0 Å². The van der Waals surface area contributed by atoms with Gasteiger partial charge in [0.2, 0.25) is 0 Å². The molecule has 0 aliphatic heterocycles. The van der Waals surface area contributed by atoms with E-state index < -0.39 is 0 Å². The molecule has 0 aromatic carbocycles. The predicted molar refractivity (Wildman–Crippen MR) is 91.2 cm³/mol. The molecule has 22 heavy (non-hydrogen) atoms. The zero-order chi connectivity index (χ0) is 15.6. The second-order valence-corrected chi connectivity index (χ2v) is 7.65. The first-order valence-electron chi connectivity index (χ1n) is 9.70. The van der Waals surface area contributed by atoms with Gasteiger partial charge in [-0.2, -0.15) is 0 Å². The third-order valence-electron chi connectivity index (χ3n) is 6.15. The summed E-state index contributed by atoms with van der Waals surface area (Å²) in [6.07, 6.45) is 18.6. The summed E-state index contributed by atoms with van der Waals surface area (Å²) in [5.74, 6) is 3.64. The van der Waals surface area contributed by atoms with Gasteiger partial charge in [-0.3, -0.25) is 0 Å². The van der Waals surface area contributed by atoms with Gasteiger partial charge in [-0.05, 0) is 62.2 Å². The van der Waals surface area contributed by atoms with Crippen molar-refractivity contribution in [3.63, 3.8) is 0 Å². The zero-order valence-corrected chi connectivity index (χ0v) is 14.4. The summed E-state index contributed by atoms with van der Waals surface area (Å²) in [7, 11) is 0. The van der Waals surface area contributed by atoms with Crippen LogP contribution in [0, 0.1) is 23.7 Å². The fourth-order valence-electron chi connectivity index (χ4n) is 4.69. The number of rotatable bonds is 8. The molecular weight excluding hydrogens is 275 g/mol. The molecule has 2 aliphatic carbocycles. The highest BCUT2D eigenvalue weighted by molar-refractivity contribution is 4.82. The van der Waals surface area contributed by atoms with Crippen molar-refractivity contribution in [3.8, 4) is 0 Å². The Hall–Kier alpha value is -0.530. The summed E-state index contributed by atoms with van der Waals surface area (Å²) in [4.78, 5) is 0. The summed E-state index contributed by atoms with van der Waals surface area (Å²) in [5.41, 5.74) is 0. The van der Waals surface area contributed by atoms with Crippen molar-refractivity contribution in [3.05, 3.63) is 12.6 Å². The quantitative estimate of drug-likeness (QED) is 0.361. The van der Waals surface area contributed by atoms with Crippen molar-refractivity contribution < 1.29 is 9.13 Å². The van der Waals surface area contributed by atoms with E-state index in [0.717, 1.165) is 17.8 Å². The van der Waals surface area contributed by atoms with Crippen LogP contribution in [-0.4, -0.2) is 6.61 Å². The summed E-state index contributed by atoms with van der Waals surface area (Å²) in [6, 6.07) is 0. The van der Waals surface area contributed by atoms with Gasteiger partial charge in [0.15, 0.2) is 0 Å². The molecule has 2 aliphatic rings. The molecule has 0 aromatic rings. The Labute approximate surface area is 136 Å². The van der Waals surface area contributed by atoms with Gasteiger partial charge >= 0.3 is 0 Å². The molecule has 128 valence electrons. The van der Waals surface area contributed by atoms with Crippen molar-refractivity contribution in [2.75, 3.05) is 6.61 Å². The van der Waals surface area contributed by atoms with Crippen LogP contribution in [0.1, 0.15) is 84.0 Å². The van der Waals surface area contributed by atoms with Gasteiger partial charge in [0.25, 0.3) is 0 Å². The average molecular weight is 310 g/mol. The molecule has 0 saturated heterocycles. The lowest BCUT2D eigenvalue weighted by molar-refractivity contribution is 0.107. The maximum Gasteiger partial charge on any atom is 0.121 e. The molecule has 0 unspecified atom stereocenters. The van der Waals surface area contributed by atoms with E-state index >= 15 is 0 Å². The number of halogens is 1. The Kier molecular flexibility index (Phi) is 8.33. The molecule has 0 N–H and O–H groups in total. The highest BCUT2D eigenvalue weighted by Gasteiger charge is 2.30. The Bertz CT molecular complexity index is 299. The molecule has 0 spiro atoms. The smallest absolute Gasteiger partial charge is 0.121 e. The molecule has 0 atom stereocenters.